The first-order valence-electron chi connectivity index (χ1n) is 7.09. The summed E-state index contributed by atoms with van der Waals surface area (Å²) in [6.07, 6.45) is 0. The van der Waals surface area contributed by atoms with Crippen LogP contribution >= 0.6 is 0 Å². The Bertz CT molecular complexity index is 686. The van der Waals surface area contributed by atoms with Gasteiger partial charge in [0.25, 0.3) is 11.8 Å². The molecule has 0 N–H and O–H groups in total. The molecule has 0 aromatic heterocycles. The molecule has 1 aliphatic heterocycles. The number of hydrogen-bond donors (Lipinski definition) is 0. The van der Waals surface area contributed by atoms with Crippen LogP contribution in [0.1, 0.15) is 34.6 Å². The number of benzene rings is 2. The Hall–Kier alpha value is -2.20. The maximum Gasteiger partial charge on any atom is 0.262 e. The Morgan fingerprint density at radius 2 is 1.52 bits per heavy atom. The highest BCUT2D eigenvalue weighted by Crippen LogP contribution is 2.29. The van der Waals surface area contributed by atoms with Crippen molar-refractivity contribution in [2.45, 2.75) is 19.9 Å². The van der Waals surface area contributed by atoms with E-state index in [0.717, 1.165) is 10.8 Å². The van der Waals surface area contributed by atoms with E-state index in [1.165, 1.54) is 4.90 Å². The van der Waals surface area contributed by atoms with Crippen LogP contribution in [0.3, 0.4) is 0 Å². The van der Waals surface area contributed by atoms with Crippen LogP contribution in [-0.4, -0.2) is 41.4 Å². The molecule has 21 heavy (non-hydrogen) atoms. The van der Waals surface area contributed by atoms with Crippen LogP contribution in [0, 0.1) is 0 Å². The fourth-order valence-electron chi connectivity index (χ4n) is 2.60. The third-order valence-corrected chi connectivity index (χ3v) is 4.10. The second-order valence-electron chi connectivity index (χ2n) is 5.74. The largest absolute Gasteiger partial charge is 0.286 e. The normalized spacial score (nSPS) is 14.6. The number of carbonyl (C=O) groups is 2. The summed E-state index contributed by atoms with van der Waals surface area (Å²) in [4.78, 5) is 28.6. The third kappa shape index (κ3) is 2.12. The highest BCUT2D eigenvalue weighted by Gasteiger charge is 2.33. The van der Waals surface area contributed by atoms with Crippen LogP contribution in [0.25, 0.3) is 10.8 Å². The first kappa shape index (κ1) is 13.8. The second kappa shape index (κ2) is 4.97. The van der Waals surface area contributed by atoms with Crippen molar-refractivity contribution in [3.8, 4) is 0 Å². The van der Waals surface area contributed by atoms with E-state index in [2.05, 4.69) is 0 Å². The van der Waals surface area contributed by atoms with Gasteiger partial charge in [-0.3, -0.25) is 19.4 Å². The van der Waals surface area contributed by atoms with Gasteiger partial charge in [-0.1, -0.05) is 24.3 Å². The van der Waals surface area contributed by atoms with Crippen molar-refractivity contribution >= 4 is 22.6 Å². The van der Waals surface area contributed by atoms with Crippen LogP contribution in [-0.2, 0) is 0 Å². The van der Waals surface area contributed by atoms with Crippen molar-refractivity contribution in [2.75, 3.05) is 13.7 Å². The maximum atomic E-state index is 12.7. The summed E-state index contributed by atoms with van der Waals surface area (Å²) in [5.41, 5.74) is 1.22. The fourth-order valence-corrected chi connectivity index (χ4v) is 2.60. The molecule has 0 saturated heterocycles. The summed E-state index contributed by atoms with van der Waals surface area (Å²) < 4.78 is 0. The fraction of sp³-hybridized carbons (Fsp3) is 0.294. The van der Waals surface area contributed by atoms with Crippen molar-refractivity contribution in [3.63, 3.8) is 0 Å². The monoisotopic (exact) mass is 282 g/mol. The Morgan fingerprint density at radius 1 is 1.00 bits per heavy atom. The van der Waals surface area contributed by atoms with E-state index in [-0.39, 0.29) is 17.9 Å². The van der Waals surface area contributed by atoms with E-state index in [0.29, 0.717) is 17.8 Å². The number of carbonyl (C=O) groups excluding carboxylic acids is 2. The van der Waals surface area contributed by atoms with Gasteiger partial charge in [0.05, 0.1) is 6.67 Å². The molecule has 0 radical (unpaired) electrons. The molecule has 3 rings (SSSR count). The molecular weight excluding hydrogens is 264 g/mol. The average Bonchev–Trinajstić information content (AvgIpc) is 2.48. The Balaban J connectivity index is 2.11. The van der Waals surface area contributed by atoms with E-state index < -0.39 is 0 Å². The number of rotatable bonds is 3. The molecule has 0 spiro atoms. The molecule has 108 valence electrons. The minimum Gasteiger partial charge on any atom is -0.286 e. The van der Waals surface area contributed by atoms with E-state index in [4.69, 9.17) is 0 Å². The van der Waals surface area contributed by atoms with Gasteiger partial charge in [0, 0.05) is 22.6 Å². The molecule has 0 fully saturated rings. The molecule has 0 aliphatic carbocycles. The van der Waals surface area contributed by atoms with Gasteiger partial charge in [-0.15, -0.1) is 0 Å². The van der Waals surface area contributed by atoms with Crippen molar-refractivity contribution in [1.29, 1.82) is 0 Å². The van der Waals surface area contributed by atoms with E-state index in [1.54, 1.807) is 12.1 Å². The van der Waals surface area contributed by atoms with Crippen molar-refractivity contribution < 1.29 is 9.59 Å². The van der Waals surface area contributed by atoms with E-state index in [1.807, 2.05) is 50.1 Å². The zero-order valence-corrected chi connectivity index (χ0v) is 12.5. The molecule has 2 amide bonds. The van der Waals surface area contributed by atoms with Gasteiger partial charge in [-0.2, -0.15) is 0 Å². The van der Waals surface area contributed by atoms with Crippen LogP contribution in [0.2, 0.25) is 0 Å². The molecule has 1 heterocycles. The number of imide groups is 1. The van der Waals surface area contributed by atoms with Gasteiger partial charge in [-0.25, -0.2) is 0 Å². The van der Waals surface area contributed by atoms with Crippen LogP contribution in [0.4, 0.5) is 0 Å². The lowest BCUT2D eigenvalue weighted by molar-refractivity contribution is 0.0496. The van der Waals surface area contributed by atoms with Crippen molar-refractivity contribution in [1.82, 2.24) is 9.80 Å². The summed E-state index contributed by atoms with van der Waals surface area (Å²) in [7, 11) is 1.91. The van der Waals surface area contributed by atoms with Crippen LogP contribution in [0.5, 0.6) is 0 Å². The van der Waals surface area contributed by atoms with Crippen molar-refractivity contribution in [3.05, 3.63) is 47.5 Å². The molecule has 0 saturated carbocycles. The summed E-state index contributed by atoms with van der Waals surface area (Å²) in [6.45, 7) is 4.38. The topological polar surface area (TPSA) is 40.6 Å². The van der Waals surface area contributed by atoms with Gasteiger partial charge >= 0.3 is 0 Å². The predicted octanol–water partition coefficient (Wildman–Crippen LogP) is 2.73. The van der Waals surface area contributed by atoms with E-state index in [9.17, 15) is 9.59 Å². The Labute approximate surface area is 124 Å². The lowest BCUT2D eigenvalue weighted by atomic mass is 9.94. The first-order chi connectivity index (χ1) is 10.0. The average molecular weight is 282 g/mol. The predicted molar refractivity (Wildman–Crippen MR) is 82.2 cm³/mol. The minimum absolute atomic E-state index is 0.211. The van der Waals surface area contributed by atoms with Gasteiger partial charge in [0.15, 0.2) is 0 Å². The smallest absolute Gasteiger partial charge is 0.262 e. The number of hydrogen-bond acceptors (Lipinski definition) is 3. The lowest BCUT2D eigenvalue weighted by Crippen LogP contribution is -2.47. The van der Waals surface area contributed by atoms with Crippen LogP contribution in [0.15, 0.2) is 36.4 Å². The molecule has 4 heteroatoms. The molecule has 4 nitrogen and oxygen atoms in total. The SMILES string of the molecule is CC(C)N(C)CN1C(=O)c2cccc3cccc(c23)C1=O. The summed E-state index contributed by atoms with van der Waals surface area (Å²) in [6, 6.07) is 11.4. The maximum absolute atomic E-state index is 12.7. The molecule has 2 aromatic carbocycles. The quantitative estimate of drug-likeness (QED) is 0.813. The number of nitrogens with zero attached hydrogens (tertiary/aromatic N) is 2. The zero-order chi connectivity index (χ0) is 15.1. The lowest BCUT2D eigenvalue weighted by Gasteiger charge is -2.32. The molecular formula is C17H18N2O2. The van der Waals surface area contributed by atoms with Gasteiger partial charge < -0.3 is 0 Å². The van der Waals surface area contributed by atoms with E-state index >= 15 is 0 Å². The summed E-state index contributed by atoms with van der Waals surface area (Å²) in [5.74, 6) is -0.423. The Kier molecular flexibility index (Phi) is 3.26. The molecule has 1 aliphatic rings. The van der Waals surface area contributed by atoms with Crippen LogP contribution < -0.4 is 0 Å². The summed E-state index contributed by atoms with van der Waals surface area (Å²) in [5, 5.41) is 1.71. The molecule has 0 atom stereocenters. The van der Waals surface area contributed by atoms with Crippen molar-refractivity contribution in [2.24, 2.45) is 0 Å². The standard InChI is InChI=1S/C17H18N2O2/c1-11(2)18(3)10-19-16(20)13-8-4-6-12-7-5-9-14(15(12)13)17(19)21/h4-9,11H,10H2,1-3H3. The second-order valence-corrected chi connectivity index (χ2v) is 5.74. The van der Waals surface area contributed by atoms with Gasteiger partial charge in [0.1, 0.15) is 0 Å². The summed E-state index contributed by atoms with van der Waals surface area (Å²) >= 11 is 0. The highest BCUT2D eigenvalue weighted by atomic mass is 16.2. The van der Waals surface area contributed by atoms with Gasteiger partial charge in [0.2, 0.25) is 0 Å². The molecule has 0 bridgehead atoms. The molecule has 2 aromatic rings. The number of amides is 2. The first-order valence-corrected chi connectivity index (χ1v) is 7.09. The minimum atomic E-state index is -0.211. The Morgan fingerprint density at radius 3 is 2.00 bits per heavy atom. The highest BCUT2D eigenvalue weighted by molar-refractivity contribution is 6.25. The molecule has 0 unspecified atom stereocenters. The van der Waals surface area contributed by atoms with Gasteiger partial charge in [-0.05, 0) is 38.4 Å². The third-order valence-electron chi connectivity index (χ3n) is 4.10. The zero-order valence-electron chi connectivity index (χ0n) is 12.5.